The number of halogens is 2. The Kier molecular flexibility index (Phi) is 4.61. The second-order valence-corrected chi connectivity index (χ2v) is 5.26. The molecule has 0 aliphatic carbocycles. The molecule has 0 aromatic heterocycles. The summed E-state index contributed by atoms with van der Waals surface area (Å²) in [5.74, 6) is -0.511. The van der Waals surface area contributed by atoms with E-state index in [4.69, 9.17) is 11.6 Å². The largest absolute Gasteiger partial charge is 0.292 e. The summed E-state index contributed by atoms with van der Waals surface area (Å²) in [6, 6.07) is 13.0. The fourth-order valence-electron chi connectivity index (χ4n) is 1.77. The van der Waals surface area contributed by atoms with Crippen molar-refractivity contribution in [3.8, 4) is 0 Å². The quantitative estimate of drug-likeness (QED) is 0.461. The van der Waals surface area contributed by atoms with Crippen LogP contribution in [0.2, 0.25) is 0 Å². The summed E-state index contributed by atoms with van der Waals surface area (Å²) in [5.41, 5.74) is 1.20. The second-order valence-electron chi connectivity index (χ2n) is 3.98. The molecule has 0 fully saturated rings. The van der Waals surface area contributed by atoms with Gasteiger partial charge in [-0.3, -0.25) is 4.79 Å². The first kappa shape index (κ1) is 14.1. The Balaban J connectivity index is 2.30. The molecule has 98 valence electrons. The van der Waals surface area contributed by atoms with Gasteiger partial charge in [-0.1, -0.05) is 30.3 Å². The number of rotatable bonds is 4. The molecule has 0 spiro atoms. The fourth-order valence-corrected chi connectivity index (χ4v) is 2.63. The number of thioether (sulfide) groups is 1. The van der Waals surface area contributed by atoms with Crippen molar-refractivity contribution in [2.45, 2.75) is 10.3 Å². The van der Waals surface area contributed by atoms with Crippen LogP contribution in [0.5, 0.6) is 0 Å². The molecule has 0 amide bonds. The summed E-state index contributed by atoms with van der Waals surface area (Å²) >= 11 is 7.69. The number of benzene rings is 2. The predicted octanol–water partition coefficient (Wildman–Crippen LogP) is 4.71. The molecule has 19 heavy (non-hydrogen) atoms. The molecule has 0 bridgehead atoms. The number of ketones is 1. The zero-order chi connectivity index (χ0) is 13.8. The van der Waals surface area contributed by atoms with Crippen molar-refractivity contribution >= 4 is 29.1 Å². The normalized spacial score (nSPS) is 12.2. The van der Waals surface area contributed by atoms with Gasteiger partial charge in [0.05, 0.1) is 0 Å². The first-order chi connectivity index (χ1) is 9.13. The van der Waals surface area contributed by atoms with Gasteiger partial charge >= 0.3 is 0 Å². The molecule has 0 radical (unpaired) electrons. The van der Waals surface area contributed by atoms with Crippen molar-refractivity contribution in [2.75, 3.05) is 6.26 Å². The van der Waals surface area contributed by atoms with Crippen LogP contribution in [0.1, 0.15) is 21.3 Å². The van der Waals surface area contributed by atoms with Gasteiger partial charge in [0, 0.05) is 10.5 Å². The standard InChI is InChI=1S/C15H12ClFOS/c1-19-13-5-3-2-4-12(13)15(18)14(16)10-6-8-11(17)9-7-10/h2-9,14H,1H3. The van der Waals surface area contributed by atoms with Gasteiger partial charge in [-0.05, 0) is 30.0 Å². The summed E-state index contributed by atoms with van der Waals surface area (Å²) in [6.07, 6.45) is 1.91. The Morgan fingerprint density at radius 1 is 1.16 bits per heavy atom. The van der Waals surface area contributed by atoms with Crippen LogP contribution in [0.15, 0.2) is 53.4 Å². The van der Waals surface area contributed by atoms with Gasteiger partial charge < -0.3 is 0 Å². The average molecular weight is 295 g/mol. The Hall–Kier alpha value is -1.32. The topological polar surface area (TPSA) is 17.1 Å². The lowest BCUT2D eigenvalue weighted by molar-refractivity contribution is 0.0984. The molecule has 2 rings (SSSR count). The third kappa shape index (κ3) is 3.17. The molecule has 1 nitrogen and oxygen atoms in total. The second kappa shape index (κ2) is 6.22. The SMILES string of the molecule is CSc1ccccc1C(=O)C(Cl)c1ccc(F)cc1. The Morgan fingerprint density at radius 3 is 2.42 bits per heavy atom. The highest BCUT2D eigenvalue weighted by Gasteiger charge is 2.21. The predicted molar refractivity (Wildman–Crippen MR) is 77.5 cm³/mol. The minimum Gasteiger partial charge on any atom is -0.292 e. The van der Waals surface area contributed by atoms with Crippen molar-refractivity contribution in [3.05, 3.63) is 65.5 Å². The van der Waals surface area contributed by atoms with E-state index in [1.54, 1.807) is 12.1 Å². The molecule has 0 heterocycles. The van der Waals surface area contributed by atoms with Gasteiger partial charge in [-0.15, -0.1) is 23.4 Å². The highest BCUT2D eigenvalue weighted by Crippen LogP contribution is 2.29. The molecule has 1 unspecified atom stereocenters. The monoisotopic (exact) mass is 294 g/mol. The van der Waals surface area contributed by atoms with Crippen LogP contribution in [-0.4, -0.2) is 12.0 Å². The highest BCUT2D eigenvalue weighted by molar-refractivity contribution is 7.98. The molecule has 0 N–H and O–H groups in total. The zero-order valence-electron chi connectivity index (χ0n) is 10.3. The summed E-state index contributed by atoms with van der Waals surface area (Å²) < 4.78 is 12.9. The first-order valence-electron chi connectivity index (χ1n) is 5.70. The van der Waals surface area contributed by atoms with Crippen molar-refractivity contribution in [3.63, 3.8) is 0 Å². The van der Waals surface area contributed by atoms with E-state index in [1.807, 2.05) is 18.4 Å². The van der Waals surface area contributed by atoms with E-state index in [1.165, 1.54) is 36.0 Å². The van der Waals surface area contributed by atoms with Gasteiger partial charge in [0.25, 0.3) is 0 Å². The van der Waals surface area contributed by atoms with E-state index < -0.39 is 5.38 Å². The summed E-state index contributed by atoms with van der Waals surface area (Å²) in [6.45, 7) is 0. The zero-order valence-corrected chi connectivity index (χ0v) is 11.8. The molecule has 0 aliphatic heterocycles. The number of carbonyl (C=O) groups excluding carboxylic acids is 1. The summed E-state index contributed by atoms with van der Waals surface area (Å²) in [7, 11) is 0. The van der Waals surface area contributed by atoms with E-state index in [9.17, 15) is 9.18 Å². The molecule has 0 aliphatic rings. The fraction of sp³-hybridized carbons (Fsp3) is 0.133. The summed E-state index contributed by atoms with van der Waals surface area (Å²) in [4.78, 5) is 13.3. The minimum absolute atomic E-state index is 0.168. The van der Waals surface area contributed by atoms with Crippen molar-refractivity contribution < 1.29 is 9.18 Å². The molecule has 1 atom stereocenters. The third-order valence-electron chi connectivity index (χ3n) is 2.77. The number of hydrogen-bond acceptors (Lipinski definition) is 2. The van der Waals surface area contributed by atoms with Crippen molar-refractivity contribution in [2.24, 2.45) is 0 Å². The maximum atomic E-state index is 12.9. The van der Waals surface area contributed by atoms with E-state index in [0.29, 0.717) is 11.1 Å². The Bertz CT molecular complexity index is 583. The Labute approximate surface area is 120 Å². The number of hydrogen-bond donors (Lipinski definition) is 0. The molecule has 0 saturated heterocycles. The number of Topliss-reactive ketones (excluding diaryl/α,β-unsaturated/α-hetero) is 1. The molecule has 0 saturated carbocycles. The van der Waals surface area contributed by atoms with Crippen LogP contribution in [-0.2, 0) is 0 Å². The van der Waals surface area contributed by atoms with E-state index in [0.717, 1.165) is 4.90 Å². The van der Waals surface area contributed by atoms with Gasteiger partial charge in [-0.2, -0.15) is 0 Å². The van der Waals surface area contributed by atoms with Gasteiger partial charge in [0.2, 0.25) is 0 Å². The molecule has 2 aromatic rings. The lowest BCUT2D eigenvalue weighted by Gasteiger charge is -2.11. The molecule has 2 aromatic carbocycles. The van der Waals surface area contributed by atoms with E-state index in [-0.39, 0.29) is 11.6 Å². The lowest BCUT2D eigenvalue weighted by Crippen LogP contribution is -2.08. The lowest BCUT2D eigenvalue weighted by atomic mass is 10.0. The van der Waals surface area contributed by atoms with Crippen molar-refractivity contribution in [1.82, 2.24) is 0 Å². The van der Waals surface area contributed by atoms with Crippen molar-refractivity contribution in [1.29, 1.82) is 0 Å². The maximum Gasteiger partial charge on any atom is 0.186 e. The number of alkyl halides is 1. The van der Waals surface area contributed by atoms with Crippen LogP contribution in [0.25, 0.3) is 0 Å². The van der Waals surface area contributed by atoms with E-state index in [2.05, 4.69) is 0 Å². The molecular weight excluding hydrogens is 283 g/mol. The van der Waals surface area contributed by atoms with Gasteiger partial charge in [-0.25, -0.2) is 4.39 Å². The van der Waals surface area contributed by atoms with Crippen LogP contribution in [0.3, 0.4) is 0 Å². The average Bonchev–Trinajstić information content (AvgIpc) is 2.46. The van der Waals surface area contributed by atoms with Crippen LogP contribution >= 0.6 is 23.4 Å². The van der Waals surface area contributed by atoms with Gasteiger partial charge in [0.1, 0.15) is 11.2 Å². The van der Waals surface area contributed by atoms with E-state index >= 15 is 0 Å². The Morgan fingerprint density at radius 2 is 1.79 bits per heavy atom. The van der Waals surface area contributed by atoms with Crippen LogP contribution < -0.4 is 0 Å². The number of carbonyl (C=O) groups is 1. The molecule has 4 heteroatoms. The van der Waals surface area contributed by atoms with Gasteiger partial charge in [0.15, 0.2) is 5.78 Å². The highest BCUT2D eigenvalue weighted by atomic mass is 35.5. The van der Waals surface area contributed by atoms with Crippen LogP contribution in [0.4, 0.5) is 4.39 Å². The summed E-state index contributed by atoms with van der Waals surface area (Å²) in [5, 5.41) is -0.797. The first-order valence-corrected chi connectivity index (χ1v) is 7.36. The minimum atomic E-state index is -0.797. The van der Waals surface area contributed by atoms with Crippen LogP contribution in [0, 0.1) is 5.82 Å². The third-order valence-corrected chi connectivity index (χ3v) is 4.01. The molecular formula is C15H12ClFOS. The maximum absolute atomic E-state index is 12.9. The smallest absolute Gasteiger partial charge is 0.186 e.